The van der Waals surface area contributed by atoms with Gasteiger partial charge in [-0.15, -0.1) is 0 Å². The fourth-order valence-corrected chi connectivity index (χ4v) is 2.84. The topological polar surface area (TPSA) is 61.4 Å². The van der Waals surface area contributed by atoms with E-state index in [9.17, 15) is 9.59 Å². The van der Waals surface area contributed by atoms with E-state index in [1.165, 1.54) is 18.5 Å². The van der Waals surface area contributed by atoms with E-state index in [1.54, 1.807) is 0 Å². The molecule has 0 bridgehead atoms. The highest BCUT2D eigenvalue weighted by Gasteiger charge is 2.16. The van der Waals surface area contributed by atoms with Gasteiger partial charge in [-0.25, -0.2) is 0 Å². The lowest BCUT2D eigenvalue weighted by Gasteiger charge is -2.32. The smallest absolute Gasteiger partial charge is 0.233 e. The fraction of sp³-hybridized carbons (Fsp3) is 0.579. The second kappa shape index (κ2) is 9.30. The minimum Gasteiger partial charge on any atom is -0.372 e. The summed E-state index contributed by atoms with van der Waals surface area (Å²) in [5.74, 6) is 0.312. The molecule has 1 aromatic rings. The first-order valence-electron chi connectivity index (χ1n) is 9.00. The normalized spacial score (nSPS) is 15.2. The van der Waals surface area contributed by atoms with Crippen molar-refractivity contribution in [3.63, 3.8) is 0 Å². The van der Waals surface area contributed by atoms with Gasteiger partial charge in [0, 0.05) is 31.0 Å². The van der Waals surface area contributed by atoms with Crippen LogP contribution in [0.4, 0.5) is 11.4 Å². The molecule has 0 saturated carbocycles. The summed E-state index contributed by atoms with van der Waals surface area (Å²) < 4.78 is 0. The van der Waals surface area contributed by atoms with Crippen LogP contribution in [0.1, 0.15) is 46.0 Å². The Hall–Kier alpha value is -2.04. The van der Waals surface area contributed by atoms with Crippen LogP contribution in [0.3, 0.4) is 0 Å². The van der Waals surface area contributed by atoms with Gasteiger partial charge in [0.25, 0.3) is 0 Å². The van der Waals surface area contributed by atoms with Crippen molar-refractivity contribution in [3.05, 3.63) is 24.3 Å². The third-order valence-corrected chi connectivity index (χ3v) is 4.47. The van der Waals surface area contributed by atoms with Gasteiger partial charge >= 0.3 is 0 Å². The van der Waals surface area contributed by atoms with Crippen molar-refractivity contribution >= 4 is 23.2 Å². The van der Waals surface area contributed by atoms with Gasteiger partial charge in [0.2, 0.25) is 11.8 Å². The number of nitrogens with zero attached hydrogens (tertiary/aromatic N) is 1. The van der Waals surface area contributed by atoms with E-state index in [0.717, 1.165) is 37.5 Å². The van der Waals surface area contributed by atoms with Crippen molar-refractivity contribution < 1.29 is 9.59 Å². The molecule has 24 heavy (non-hydrogen) atoms. The predicted molar refractivity (Wildman–Crippen MR) is 98.2 cm³/mol. The summed E-state index contributed by atoms with van der Waals surface area (Å²) in [6.07, 6.45) is 4.28. The number of benzene rings is 1. The van der Waals surface area contributed by atoms with E-state index in [-0.39, 0.29) is 18.2 Å². The molecule has 2 N–H and O–H groups in total. The number of carbonyl (C=O) groups excluding carboxylic acids is 2. The highest BCUT2D eigenvalue weighted by Crippen LogP contribution is 2.24. The Balaban J connectivity index is 1.78. The Kier molecular flexibility index (Phi) is 7.09. The van der Waals surface area contributed by atoms with Crippen molar-refractivity contribution in [1.29, 1.82) is 0 Å². The van der Waals surface area contributed by atoms with Gasteiger partial charge in [0.15, 0.2) is 0 Å². The Morgan fingerprint density at radius 2 is 1.79 bits per heavy atom. The van der Waals surface area contributed by atoms with Gasteiger partial charge < -0.3 is 15.5 Å². The molecule has 5 nitrogen and oxygen atoms in total. The fourth-order valence-electron chi connectivity index (χ4n) is 2.84. The van der Waals surface area contributed by atoms with Gasteiger partial charge in [0.1, 0.15) is 6.42 Å². The Labute approximate surface area is 144 Å². The number of amides is 2. The van der Waals surface area contributed by atoms with Crippen molar-refractivity contribution in [3.8, 4) is 0 Å². The zero-order valence-corrected chi connectivity index (χ0v) is 14.8. The molecule has 1 saturated heterocycles. The van der Waals surface area contributed by atoms with E-state index in [4.69, 9.17) is 0 Å². The minimum absolute atomic E-state index is 0.129. The highest BCUT2D eigenvalue weighted by atomic mass is 16.2. The number of nitrogens with one attached hydrogen (secondary N) is 2. The Bertz CT molecular complexity index is 534. The quantitative estimate of drug-likeness (QED) is 0.596. The van der Waals surface area contributed by atoms with Gasteiger partial charge in [-0.2, -0.15) is 0 Å². The van der Waals surface area contributed by atoms with Gasteiger partial charge in [0.05, 0.1) is 0 Å². The maximum absolute atomic E-state index is 11.9. The largest absolute Gasteiger partial charge is 0.372 e. The van der Waals surface area contributed by atoms with Crippen molar-refractivity contribution in [2.75, 3.05) is 29.9 Å². The molecule has 1 aliphatic rings. The average molecular weight is 331 g/mol. The highest BCUT2D eigenvalue weighted by molar-refractivity contribution is 6.03. The standard InChI is InChI=1S/C19H29N3O2/c1-3-4-11-20-18(23)14-19(24)21-16-5-7-17(8-6-16)22-12-9-15(2)10-13-22/h5-8,15H,3-4,9-14H2,1-2H3,(H,20,23)(H,21,24). The lowest BCUT2D eigenvalue weighted by atomic mass is 9.99. The molecule has 0 radical (unpaired) electrons. The van der Waals surface area contributed by atoms with Gasteiger partial charge in [-0.3, -0.25) is 9.59 Å². The molecule has 1 aliphatic heterocycles. The summed E-state index contributed by atoms with van der Waals surface area (Å²) in [7, 11) is 0. The van der Waals surface area contributed by atoms with Crippen molar-refractivity contribution in [2.45, 2.75) is 46.0 Å². The van der Waals surface area contributed by atoms with E-state index in [2.05, 4.69) is 29.4 Å². The summed E-state index contributed by atoms with van der Waals surface area (Å²) in [6, 6.07) is 7.88. The Morgan fingerprint density at radius 3 is 2.42 bits per heavy atom. The summed E-state index contributed by atoms with van der Waals surface area (Å²) in [5, 5.41) is 5.53. The molecule has 1 heterocycles. The molecule has 132 valence electrons. The third kappa shape index (κ3) is 5.87. The molecule has 0 aromatic heterocycles. The van der Waals surface area contributed by atoms with Crippen LogP contribution >= 0.6 is 0 Å². The number of rotatable bonds is 7. The number of unbranched alkanes of at least 4 members (excludes halogenated alkanes) is 1. The van der Waals surface area contributed by atoms with E-state index in [1.807, 2.05) is 24.3 Å². The van der Waals surface area contributed by atoms with Gasteiger partial charge in [-0.1, -0.05) is 20.3 Å². The predicted octanol–water partition coefficient (Wildman–Crippen LogP) is 3.17. The number of carbonyl (C=O) groups is 2. The van der Waals surface area contributed by atoms with Crippen molar-refractivity contribution in [2.24, 2.45) is 5.92 Å². The average Bonchev–Trinajstić information content (AvgIpc) is 2.56. The number of piperidine rings is 1. The lowest BCUT2D eigenvalue weighted by Crippen LogP contribution is -2.32. The maximum Gasteiger partial charge on any atom is 0.233 e. The first-order chi connectivity index (χ1) is 11.6. The molecule has 1 aromatic carbocycles. The van der Waals surface area contributed by atoms with Crippen LogP contribution in [0, 0.1) is 5.92 Å². The minimum atomic E-state index is -0.274. The zero-order chi connectivity index (χ0) is 17.4. The van der Waals surface area contributed by atoms with Crippen LogP contribution < -0.4 is 15.5 Å². The van der Waals surface area contributed by atoms with E-state index in [0.29, 0.717) is 6.54 Å². The Morgan fingerprint density at radius 1 is 1.12 bits per heavy atom. The van der Waals surface area contributed by atoms with E-state index >= 15 is 0 Å². The van der Waals surface area contributed by atoms with Crippen molar-refractivity contribution in [1.82, 2.24) is 5.32 Å². The summed E-state index contributed by atoms with van der Waals surface area (Å²) in [6.45, 7) is 7.17. The molecule has 0 spiro atoms. The van der Waals surface area contributed by atoms with Crippen LogP contribution in [0.2, 0.25) is 0 Å². The monoisotopic (exact) mass is 331 g/mol. The van der Waals surface area contributed by atoms with E-state index < -0.39 is 0 Å². The van der Waals surface area contributed by atoms with Crippen LogP contribution in [0.5, 0.6) is 0 Å². The van der Waals surface area contributed by atoms with Crippen LogP contribution in [0.15, 0.2) is 24.3 Å². The molecular weight excluding hydrogens is 302 g/mol. The molecular formula is C19H29N3O2. The maximum atomic E-state index is 11.9. The number of anilines is 2. The molecule has 0 atom stereocenters. The second-order valence-corrected chi connectivity index (χ2v) is 6.64. The molecule has 0 aliphatic carbocycles. The van der Waals surface area contributed by atoms with Crippen LogP contribution in [-0.4, -0.2) is 31.4 Å². The summed E-state index contributed by atoms with van der Waals surface area (Å²) in [5.41, 5.74) is 1.92. The summed E-state index contributed by atoms with van der Waals surface area (Å²) in [4.78, 5) is 25.9. The van der Waals surface area contributed by atoms with Gasteiger partial charge in [-0.05, 0) is 49.4 Å². The molecule has 1 fully saturated rings. The molecule has 5 heteroatoms. The van der Waals surface area contributed by atoms with Crippen LogP contribution in [-0.2, 0) is 9.59 Å². The first-order valence-corrected chi connectivity index (χ1v) is 9.00. The van der Waals surface area contributed by atoms with Crippen LogP contribution in [0.25, 0.3) is 0 Å². The molecule has 2 amide bonds. The lowest BCUT2D eigenvalue weighted by molar-refractivity contribution is -0.126. The SMILES string of the molecule is CCCCNC(=O)CC(=O)Nc1ccc(N2CCC(C)CC2)cc1. The second-order valence-electron chi connectivity index (χ2n) is 6.64. The zero-order valence-electron chi connectivity index (χ0n) is 14.8. The molecule has 2 rings (SSSR count). The third-order valence-electron chi connectivity index (χ3n) is 4.47. The number of hydrogen-bond acceptors (Lipinski definition) is 3. The first kappa shape index (κ1) is 18.3. The molecule has 0 unspecified atom stereocenters. The number of hydrogen-bond donors (Lipinski definition) is 2. The summed E-state index contributed by atoms with van der Waals surface area (Å²) >= 11 is 0.